The molecule has 0 aliphatic carbocycles. The molecule has 0 aliphatic rings. The number of amides is 1. The molecule has 3 rings (SSSR count). The van der Waals surface area contributed by atoms with E-state index in [-0.39, 0.29) is 11.6 Å². The quantitative estimate of drug-likeness (QED) is 0.615. The van der Waals surface area contributed by atoms with Gasteiger partial charge in [0.05, 0.1) is 19.3 Å². The van der Waals surface area contributed by atoms with Crippen LogP contribution >= 0.6 is 0 Å². The van der Waals surface area contributed by atoms with E-state index < -0.39 is 0 Å². The number of pyridine rings is 1. The first-order valence-electron chi connectivity index (χ1n) is 7.63. The Kier molecular flexibility index (Phi) is 4.97. The average Bonchev–Trinajstić information content (AvgIpc) is 3.08. The minimum absolute atomic E-state index is 0.260. The highest BCUT2D eigenvalue weighted by Crippen LogP contribution is 2.22. The summed E-state index contributed by atoms with van der Waals surface area (Å²) in [6.07, 6.45) is 3.29. The molecule has 2 aromatic heterocycles. The molecule has 1 aromatic carbocycles. The highest BCUT2D eigenvalue weighted by Gasteiger charge is 2.10. The number of carbonyl (C=O) groups is 1. The molecule has 8 heteroatoms. The molecular formula is C16H18N6O2. The Morgan fingerprint density at radius 1 is 1.29 bits per heavy atom. The topological polar surface area (TPSA) is 108 Å². The van der Waals surface area contributed by atoms with E-state index in [4.69, 9.17) is 10.5 Å². The maximum atomic E-state index is 12.0. The molecular weight excluding hydrogens is 308 g/mol. The minimum atomic E-state index is -0.294. The van der Waals surface area contributed by atoms with Gasteiger partial charge in [-0.1, -0.05) is 23.4 Å². The van der Waals surface area contributed by atoms with Gasteiger partial charge in [-0.25, -0.2) is 0 Å². The molecule has 0 saturated carbocycles. The van der Waals surface area contributed by atoms with Gasteiger partial charge in [0.15, 0.2) is 5.69 Å². The predicted molar refractivity (Wildman–Crippen MR) is 88.6 cm³/mol. The number of benzene rings is 1. The second-order valence-corrected chi connectivity index (χ2v) is 5.09. The van der Waals surface area contributed by atoms with Crippen molar-refractivity contribution in [3.63, 3.8) is 0 Å². The summed E-state index contributed by atoms with van der Waals surface area (Å²) in [6, 6.07) is 9.59. The van der Waals surface area contributed by atoms with Gasteiger partial charge >= 0.3 is 0 Å². The first kappa shape index (κ1) is 15.9. The Morgan fingerprint density at radius 3 is 3.04 bits per heavy atom. The van der Waals surface area contributed by atoms with E-state index in [0.717, 1.165) is 10.9 Å². The van der Waals surface area contributed by atoms with Crippen LogP contribution in [-0.4, -0.2) is 45.6 Å². The lowest BCUT2D eigenvalue weighted by atomic mass is 10.2. The first-order chi connectivity index (χ1) is 11.8. The smallest absolute Gasteiger partial charge is 0.273 e. The maximum absolute atomic E-state index is 12.0. The zero-order valence-corrected chi connectivity index (χ0v) is 13.1. The summed E-state index contributed by atoms with van der Waals surface area (Å²) in [5.41, 5.74) is 6.49. The van der Waals surface area contributed by atoms with Gasteiger partial charge in [0.2, 0.25) is 0 Å². The molecule has 124 valence electrons. The van der Waals surface area contributed by atoms with Gasteiger partial charge < -0.3 is 15.8 Å². The van der Waals surface area contributed by atoms with Crippen LogP contribution in [0, 0.1) is 0 Å². The number of aromatic nitrogens is 4. The molecule has 0 saturated heterocycles. The molecule has 1 amide bonds. The highest BCUT2D eigenvalue weighted by atomic mass is 16.5. The van der Waals surface area contributed by atoms with Gasteiger partial charge in [-0.05, 0) is 12.1 Å². The number of hydrogen-bond acceptors (Lipinski definition) is 6. The zero-order chi connectivity index (χ0) is 16.8. The molecule has 2 heterocycles. The fourth-order valence-electron chi connectivity index (χ4n) is 2.25. The van der Waals surface area contributed by atoms with Crippen molar-refractivity contribution in [2.24, 2.45) is 5.73 Å². The van der Waals surface area contributed by atoms with E-state index in [2.05, 4.69) is 20.6 Å². The summed E-state index contributed by atoms with van der Waals surface area (Å²) < 4.78 is 7.25. The number of fused-ring (bicyclic) bond motifs is 1. The number of nitrogens with one attached hydrogen (secondary N) is 1. The second kappa shape index (κ2) is 7.51. The van der Waals surface area contributed by atoms with Crippen LogP contribution in [0.25, 0.3) is 10.9 Å². The molecule has 3 N–H and O–H groups in total. The summed E-state index contributed by atoms with van der Waals surface area (Å²) in [5.74, 6) is 0.397. The lowest BCUT2D eigenvalue weighted by Crippen LogP contribution is -2.28. The van der Waals surface area contributed by atoms with Crippen LogP contribution in [0.1, 0.15) is 10.5 Å². The lowest BCUT2D eigenvalue weighted by molar-refractivity contribution is 0.0942. The Bertz CT molecular complexity index is 827. The van der Waals surface area contributed by atoms with Crippen molar-refractivity contribution in [2.45, 2.75) is 6.54 Å². The molecule has 0 spiro atoms. The van der Waals surface area contributed by atoms with E-state index in [1.165, 1.54) is 4.68 Å². The fourth-order valence-corrected chi connectivity index (χ4v) is 2.25. The van der Waals surface area contributed by atoms with Crippen molar-refractivity contribution in [2.75, 3.05) is 19.7 Å². The molecule has 0 aliphatic heterocycles. The number of nitrogens with zero attached hydrogens (tertiary/aromatic N) is 4. The maximum Gasteiger partial charge on any atom is 0.273 e. The van der Waals surface area contributed by atoms with Gasteiger partial charge in [-0.15, -0.1) is 5.10 Å². The predicted octanol–water partition coefficient (Wildman–Crippen LogP) is 0.594. The number of ether oxygens (including phenoxy) is 1. The second-order valence-electron chi connectivity index (χ2n) is 5.09. The van der Waals surface area contributed by atoms with Crippen LogP contribution in [0.5, 0.6) is 5.75 Å². The number of carbonyl (C=O) groups excluding carboxylic acids is 1. The molecule has 0 fully saturated rings. The molecule has 24 heavy (non-hydrogen) atoms. The van der Waals surface area contributed by atoms with Gasteiger partial charge in [0, 0.05) is 18.1 Å². The van der Waals surface area contributed by atoms with Gasteiger partial charge in [-0.3, -0.25) is 14.5 Å². The molecule has 3 aromatic rings. The number of nitrogens with two attached hydrogens (primary N) is 1. The Labute approximate surface area is 138 Å². The average molecular weight is 326 g/mol. The van der Waals surface area contributed by atoms with Crippen LogP contribution in [-0.2, 0) is 6.54 Å². The number of rotatable bonds is 7. The third-order valence-corrected chi connectivity index (χ3v) is 3.37. The van der Waals surface area contributed by atoms with Gasteiger partial charge in [0.1, 0.15) is 17.9 Å². The van der Waals surface area contributed by atoms with Gasteiger partial charge in [0.25, 0.3) is 5.91 Å². The zero-order valence-electron chi connectivity index (χ0n) is 13.1. The van der Waals surface area contributed by atoms with Crippen LogP contribution in [0.2, 0.25) is 0 Å². The van der Waals surface area contributed by atoms with Crippen molar-refractivity contribution in [3.8, 4) is 5.75 Å². The monoisotopic (exact) mass is 326 g/mol. The van der Waals surface area contributed by atoms with Crippen molar-refractivity contribution in [1.29, 1.82) is 0 Å². The normalized spacial score (nSPS) is 10.7. The summed E-state index contributed by atoms with van der Waals surface area (Å²) in [7, 11) is 0. The van der Waals surface area contributed by atoms with Crippen molar-refractivity contribution in [3.05, 3.63) is 48.4 Å². The van der Waals surface area contributed by atoms with Crippen LogP contribution in [0.4, 0.5) is 0 Å². The Balaban J connectivity index is 1.52. The third-order valence-electron chi connectivity index (χ3n) is 3.37. The molecule has 0 atom stereocenters. The van der Waals surface area contributed by atoms with Crippen molar-refractivity contribution in [1.82, 2.24) is 25.3 Å². The summed E-state index contributed by atoms with van der Waals surface area (Å²) in [4.78, 5) is 16.3. The standard InChI is InChI=1S/C16H18N6O2/c17-6-9-22-11-13(20-21-22)16(23)19-8-10-24-14-5-1-3-12-4-2-7-18-15(12)14/h1-5,7,11H,6,8-10,17H2,(H,19,23). The van der Waals surface area contributed by atoms with Gasteiger partial charge in [-0.2, -0.15) is 0 Å². The van der Waals surface area contributed by atoms with Crippen molar-refractivity contribution >= 4 is 16.8 Å². The minimum Gasteiger partial charge on any atom is -0.489 e. The van der Waals surface area contributed by atoms with E-state index in [9.17, 15) is 4.79 Å². The van der Waals surface area contributed by atoms with E-state index in [1.807, 2.05) is 30.3 Å². The summed E-state index contributed by atoms with van der Waals surface area (Å²) in [6.45, 7) is 1.65. The Hall–Kier alpha value is -3.00. The van der Waals surface area contributed by atoms with Crippen LogP contribution < -0.4 is 15.8 Å². The molecule has 0 bridgehead atoms. The fraction of sp³-hybridized carbons (Fsp3) is 0.250. The summed E-state index contributed by atoms with van der Waals surface area (Å²) >= 11 is 0. The van der Waals surface area contributed by atoms with Crippen molar-refractivity contribution < 1.29 is 9.53 Å². The van der Waals surface area contributed by atoms with E-state index in [0.29, 0.717) is 32.0 Å². The first-order valence-corrected chi connectivity index (χ1v) is 7.63. The number of para-hydroxylation sites is 1. The molecule has 0 unspecified atom stereocenters. The highest BCUT2D eigenvalue weighted by molar-refractivity contribution is 5.91. The molecule has 0 radical (unpaired) electrons. The number of hydrogen-bond donors (Lipinski definition) is 2. The van der Waals surface area contributed by atoms with E-state index >= 15 is 0 Å². The SMILES string of the molecule is NCCn1cc(C(=O)NCCOc2cccc3cccnc23)nn1. The third kappa shape index (κ3) is 3.66. The largest absolute Gasteiger partial charge is 0.489 e. The van der Waals surface area contributed by atoms with E-state index in [1.54, 1.807) is 12.4 Å². The van der Waals surface area contributed by atoms with Crippen LogP contribution in [0.3, 0.4) is 0 Å². The van der Waals surface area contributed by atoms with Crippen LogP contribution in [0.15, 0.2) is 42.7 Å². The Morgan fingerprint density at radius 2 is 2.17 bits per heavy atom. The summed E-state index contributed by atoms with van der Waals surface area (Å²) in [5, 5.41) is 11.4. The lowest BCUT2D eigenvalue weighted by Gasteiger charge is -2.08. The molecule has 8 nitrogen and oxygen atoms in total.